The van der Waals surface area contributed by atoms with Crippen molar-refractivity contribution < 1.29 is 9.26 Å². The molecular weight excluding hydrogens is 214 g/mol. The highest BCUT2D eigenvalue weighted by Crippen LogP contribution is 2.25. The summed E-state index contributed by atoms with van der Waals surface area (Å²) < 4.78 is 10.6. The molecule has 0 N–H and O–H groups in total. The van der Waals surface area contributed by atoms with Crippen molar-refractivity contribution in [3.8, 4) is 5.75 Å². The summed E-state index contributed by atoms with van der Waals surface area (Å²) in [6.07, 6.45) is 2.61. The number of nitrogens with zero attached hydrogens (tertiary/aromatic N) is 1. The van der Waals surface area contributed by atoms with Crippen molar-refractivity contribution >= 4 is 10.8 Å². The lowest BCUT2D eigenvalue weighted by Gasteiger charge is -2.07. The summed E-state index contributed by atoms with van der Waals surface area (Å²) in [5.41, 5.74) is 0. The molecule has 0 unspecified atom stereocenters. The predicted octanol–water partition coefficient (Wildman–Crippen LogP) is 3.21. The molecule has 0 aliphatic rings. The van der Waals surface area contributed by atoms with Crippen LogP contribution in [0.3, 0.4) is 0 Å². The largest absolute Gasteiger partial charge is 0.485 e. The van der Waals surface area contributed by atoms with Crippen molar-refractivity contribution in [1.82, 2.24) is 5.16 Å². The van der Waals surface area contributed by atoms with Gasteiger partial charge in [-0.05, 0) is 11.5 Å². The van der Waals surface area contributed by atoms with Crippen LogP contribution in [0.25, 0.3) is 10.8 Å². The molecule has 83 valence electrons. The van der Waals surface area contributed by atoms with Gasteiger partial charge in [0.1, 0.15) is 18.6 Å². The van der Waals surface area contributed by atoms with Gasteiger partial charge in [0, 0.05) is 11.5 Å². The SMILES string of the molecule is [c]1cc(COc2cccc3ccccc23)on1. The number of benzene rings is 2. The van der Waals surface area contributed by atoms with E-state index in [9.17, 15) is 0 Å². The van der Waals surface area contributed by atoms with Gasteiger partial charge in [-0.25, -0.2) is 0 Å². The van der Waals surface area contributed by atoms with Crippen molar-refractivity contribution in [2.45, 2.75) is 6.61 Å². The van der Waals surface area contributed by atoms with E-state index in [4.69, 9.17) is 9.26 Å². The van der Waals surface area contributed by atoms with Crippen LogP contribution in [0.2, 0.25) is 0 Å². The van der Waals surface area contributed by atoms with Gasteiger partial charge in [0.2, 0.25) is 0 Å². The molecule has 17 heavy (non-hydrogen) atoms. The Morgan fingerprint density at radius 2 is 2.00 bits per heavy atom. The summed E-state index contributed by atoms with van der Waals surface area (Å²) in [7, 11) is 0. The lowest BCUT2D eigenvalue weighted by Crippen LogP contribution is -1.94. The normalized spacial score (nSPS) is 10.6. The van der Waals surface area contributed by atoms with Crippen LogP contribution in [0.15, 0.2) is 53.1 Å². The number of hydrogen-bond donors (Lipinski definition) is 0. The molecule has 0 fully saturated rings. The third-order valence-corrected chi connectivity index (χ3v) is 2.56. The zero-order valence-electron chi connectivity index (χ0n) is 9.09. The lowest BCUT2D eigenvalue weighted by molar-refractivity contribution is 0.251. The van der Waals surface area contributed by atoms with E-state index in [1.54, 1.807) is 6.07 Å². The summed E-state index contributed by atoms with van der Waals surface area (Å²) in [6, 6.07) is 15.8. The Balaban J connectivity index is 1.90. The standard InChI is InChI=1S/C14H10NO2/c1-2-6-13-11(4-1)5-3-7-14(13)16-10-12-8-9-15-17-12/h1-8H,10H2. The Bertz CT molecular complexity index is 612. The summed E-state index contributed by atoms with van der Waals surface area (Å²) in [5, 5.41) is 5.77. The van der Waals surface area contributed by atoms with Crippen molar-refractivity contribution in [3.63, 3.8) is 0 Å². The van der Waals surface area contributed by atoms with Crippen LogP contribution in [0.4, 0.5) is 0 Å². The molecule has 0 amide bonds. The van der Waals surface area contributed by atoms with E-state index in [-0.39, 0.29) is 0 Å². The Labute approximate surface area is 98.6 Å². The van der Waals surface area contributed by atoms with Gasteiger partial charge < -0.3 is 9.26 Å². The third kappa shape index (κ3) is 1.99. The molecule has 3 aromatic rings. The van der Waals surface area contributed by atoms with Crippen LogP contribution in [0.1, 0.15) is 5.76 Å². The summed E-state index contributed by atoms with van der Waals surface area (Å²) in [5.74, 6) is 1.51. The molecule has 0 aliphatic heterocycles. The minimum atomic E-state index is 0.366. The van der Waals surface area contributed by atoms with E-state index in [0.29, 0.717) is 12.4 Å². The molecule has 1 radical (unpaired) electrons. The first-order valence-electron chi connectivity index (χ1n) is 5.36. The first-order chi connectivity index (χ1) is 8.43. The first kappa shape index (κ1) is 9.90. The van der Waals surface area contributed by atoms with Crippen molar-refractivity contribution in [3.05, 3.63) is 60.5 Å². The second-order valence-electron chi connectivity index (χ2n) is 3.69. The molecule has 0 atom stereocenters. The number of rotatable bonds is 3. The monoisotopic (exact) mass is 224 g/mol. The molecule has 2 aromatic carbocycles. The fourth-order valence-corrected chi connectivity index (χ4v) is 1.75. The molecule has 3 nitrogen and oxygen atoms in total. The maximum absolute atomic E-state index is 5.71. The van der Waals surface area contributed by atoms with Crippen LogP contribution < -0.4 is 4.74 Å². The van der Waals surface area contributed by atoms with Crippen LogP contribution in [0, 0.1) is 6.20 Å². The fraction of sp³-hybridized carbons (Fsp3) is 0.0714. The number of aromatic nitrogens is 1. The maximum Gasteiger partial charge on any atom is 0.174 e. The smallest absolute Gasteiger partial charge is 0.174 e. The fourth-order valence-electron chi connectivity index (χ4n) is 1.75. The van der Waals surface area contributed by atoms with Crippen LogP contribution in [-0.2, 0) is 6.61 Å². The first-order valence-corrected chi connectivity index (χ1v) is 5.36. The zero-order chi connectivity index (χ0) is 11.5. The van der Waals surface area contributed by atoms with Crippen LogP contribution >= 0.6 is 0 Å². The van der Waals surface area contributed by atoms with Gasteiger partial charge in [0.15, 0.2) is 5.76 Å². The van der Waals surface area contributed by atoms with Crippen LogP contribution in [-0.4, -0.2) is 5.16 Å². The number of hydrogen-bond acceptors (Lipinski definition) is 3. The van der Waals surface area contributed by atoms with E-state index in [2.05, 4.69) is 23.5 Å². The Morgan fingerprint density at radius 3 is 2.88 bits per heavy atom. The van der Waals surface area contributed by atoms with Gasteiger partial charge in [-0.1, -0.05) is 41.6 Å². The molecular formula is C14H10NO2. The average molecular weight is 224 g/mol. The van der Waals surface area contributed by atoms with Crippen molar-refractivity contribution in [2.24, 2.45) is 0 Å². The lowest BCUT2D eigenvalue weighted by atomic mass is 10.1. The van der Waals surface area contributed by atoms with Gasteiger partial charge in [-0.2, -0.15) is 0 Å². The predicted molar refractivity (Wildman–Crippen MR) is 63.6 cm³/mol. The molecule has 3 heteroatoms. The molecule has 0 saturated heterocycles. The zero-order valence-corrected chi connectivity index (χ0v) is 9.09. The van der Waals surface area contributed by atoms with E-state index < -0.39 is 0 Å². The topological polar surface area (TPSA) is 35.3 Å². The van der Waals surface area contributed by atoms with Crippen molar-refractivity contribution in [2.75, 3.05) is 0 Å². The van der Waals surface area contributed by atoms with Crippen molar-refractivity contribution in [1.29, 1.82) is 0 Å². The highest BCUT2D eigenvalue weighted by molar-refractivity contribution is 5.88. The van der Waals surface area contributed by atoms with Gasteiger partial charge in [0.25, 0.3) is 0 Å². The Kier molecular flexibility index (Phi) is 2.50. The summed E-state index contributed by atoms with van der Waals surface area (Å²) >= 11 is 0. The summed E-state index contributed by atoms with van der Waals surface area (Å²) in [6.45, 7) is 0.366. The highest BCUT2D eigenvalue weighted by Gasteiger charge is 2.03. The maximum atomic E-state index is 5.71. The second kappa shape index (κ2) is 4.29. The van der Waals surface area contributed by atoms with Gasteiger partial charge in [0.05, 0.1) is 0 Å². The molecule has 0 bridgehead atoms. The molecule has 1 aromatic heterocycles. The molecule has 0 spiro atoms. The minimum absolute atomic E-state index is 0.366. The van der Waals surface area contributed by atoms with E-state index in [1.807, 2.05) is 30.3 Å². The molecule has 1 heterocycles. The molecule has 0 saturated carbocycles. The summed E-state index contributed by atoms with van der Waals surface area (Å²) in [4.78, 5) is 0. The van der Waals surface area contributed by atoms with E-state index in [1.165, 1.54) is 0 Å². The van der Waals surface area contributed by atoms with Gasteiger partial charge in [-0.3, -0.25) is 0 Å². The highest BCUT2D eigenvalue weighted by atomic mass is 16.5. The average Bonchev–Trinajstić information content (AvgIpc) is 2.89. The van der Waals surface area contributed by atoms with E-state index in [0.717, 1.165) is 16.5 Å². The quantitative estimate of drug-likeness (QED) is 0.685. The number of fused-ring (bicyclic) bond motifs is 1. The second-order valence-corrected chi connectivity index (χ2v) is 3.69. The third-order valence-electron chi connectivity index (χ3n) is 2.56. The van der Waals surface area contributed by atoms with Gasteiger partial charge >= 0.3 is 0 Å². The van der Waals surface area contributed by atoms with Crippen LogP contribution in [0.5, 0.6) is 5.75 Å². The minimum Gasteiger partial charge on any atom is -0.485 e. The Morgan fingerprint density at radius 1 is 1.12 bits per heavy atom. The van der Waals surface area contributed by atoms with Gasteiger partial charge in [-0.15, -0.1) is 0 Å². The molecule has 3 rings (SSSR count). The van der Waals surface area contributed by atoms with E-state index >= 15 is 0 Å². The Hall–Kier alpha value is -2.29. The molecule has 0 aliphatic carbocycles. The number of ether oxygens (including phenoxy) is 1.